The molecule has 1 aromatic heterocycles. The molecule has 2 N–H and O–H groups in total. The second kappa shape index (κ2) is 5.35. The van der Waals surface area contributed by atoms with Gasteiger partial charge in [0.2, 0.25) is 5.91 Å². The predicted molar refractivity (Wildman–Crippen MR) is 58.3 cm³/mol. The Labute approximate surface area is 101 Å². The van der Waals surface area contributed by atoms with Gasteiger partial charge in [0.25, 0.3) is 0 Å². The minimum absolute atomic E-state index is 0.0186. The van der Waals surface area contributed by atoms with Crippen molar-refractivity contribution in [1.29, 1.82) is 0 Å². The third kappa shape index (κ3) is 2.88. The molecular weight excluding hydrogens is 242 g/mol. The fourth-order valence-corrected chi connectivity index (χ4v) is 1.42. The van der Waals surface area contributed by atoms with Crippen molar-refractivity contribution in [3.8, 4) is 0 Å². The summed E-state index contributed by atoms with van der Waals surface area (Å²) in [5.74, 6) is -1.89. The zero-order chi connectivity index (χ0) is 13.0. The number of nitrogens with zero attached hydrogens (tertiary/aromatic N) is 2. The Kier molecular flexibility index (Phi) is 3.61. The van der Waals surface area contributed by atoms with Crippen LogP contribution in [0.1, 0.15) is 11.4 Å². The van der Waals surface area contributed by atoms with Gasteiger partial charge in [-0.15, -0.1) is 0 Å². The molecule has 0 aliphatic rings. The van der Waals surface area contributed by atoms with Gasteiger partial charge in [-0.3, -0.25) is 9.89 Å². The van der Waals surface area contributed by atoms with E-state index in [4.69, 9.17) is 0 Å². The summed E-state index contributed by atoms with van der Waals surface area (Å²) in [6.07, 6.45) is 1.09. The Morgan fingerprint density at radius 3 is 2.94 bits per heavy atom. The summed E-state index contributed by atoms with van der Waals surface area (Å²) in [6.45, 7) is 0.162. The Bertz CT molecular complexity index is 542. The fourth-order valence-electron chi connectivity index (χ4n) is 1.42. The molecule has 0 fully saturated rings. The monoisotopic (exact) mass is 252 g/mol. The molecule has 0 saturated heterocycles. The first-order chi connectivity index (χ1) is 8.66. The summed E-state index contributed by atoms with van der Waals surface area (Å²) in [5, 5.41) is 8.70. The standard InChI is InChI=1S/C11H10F2N4O/c12-8-3-1-2-7(11(8)13)4-10(18)14-5-9-15-6-16-17-9/h1-3,6H,4-5H2,(H,14,18)(H,15,16,17). The second-order valence-corrected chi connectivity index (χ2v) is 3.60. The van der Waals surface area contributed by atoms with E-state index in [-0.39, 0.29) is 18.5 Å². The molecule has 18 heavy (non-hydrogen) atoms. The highest BCUT2D eigenvalue weighted by molar-refractivity contribution is 5.78. The molecule has 1 heterocycles. The number of rotatable bonds is 4. The Morgan fingerprint density at radius 2 is 2.22 bits per heavy atom. The number of carbonyl (C=O) groups excluding carboxylic acids is 1. The highest BCUT2D eigenvalue weighted by Crippen LogP contribution is 2.11. The van der Waals surface area contributed by atoms with Crippen molar-refractivity contribution in [2.24, 2.45) is 0 Å². The normalized spacial score (nSPS) is 10.3. The van der Waals surface area contributed by atoms with E-state index in [1.807, 2.05) is 0 Å². The van der Waals surface area contributed by atoms with Gasteiger partial charge >= 0.3 is 0 Å². The van der Waals surface area contributed by atoms with Crippen molar-refractivity contribution in [1.82, 2.24) is 20.5 Å². The molecular formula is C11H10F2N4O. The van der Waals surface area contributed by atoms with Gasteiger partial charge in [-0.1, -0.05) is 12.1 Å². The third-order valence-electron chi connectivity index (χ3n) is 2.30. The number of hydrogen-bond acceptors (Lipinski definition) is 3. The number of nitrogens with one attached hydrogen (secondary N) is 2. The zero-order valence-corrected chi connectivity index (χ0v) is 9.28. The van der Waals surface area contributed by atoms with Gasteiger partial charge in [-0.25, -0.2) is 13.8 Å². The zero-order valence-electron chi connectivity index (χ0n) is 9.28. The van der Waals surface area contributed by atoms with Crippen LogP contribution in [-0.4, -0.2) is 21.1 Å². The maximum Gasteiger partial charge on any atom is 0.224 e. The van der Waals surface area contributed by atoms with E-state index in [1.54, 1.807) is 0 Å². The summed E-state index contributed by atoms with van der Waals surface area (Å²) < 4.78 is 26.2. The maximum absolute atomic E-state index is 13.3. The molecule has 94 valence electrons. The maximum atomic E-state index is 13.3. The van der Waals surface area contributed by atoms with Crippen molar-refractivity contribution in [2.45, 2.75) is 13.0 Å². The van der Waals surface area contributed by atoms with Crippen LogP contribution in [0.25, 0.3) is 0 Å². The number of H-pyrrole nitrogens is 1. The van der Waals surface area contributed by atoms with Crippen LogP contribution in [-0.2, 0) is 17.8 Å². The van der Waals surface area contributed by atoms with Crippen LogP contribution < -0.4 is 5.32 Å². The third-order valence-corrected chi connectivity index (χ3v) is 2.30. The molecule has 2 rings (SSSR count). The number of hydrogen-bond donors (Lipinski definition) is 2. The van der Waals surface area contributed by atoms with E-state index >= 15 is 0 Å². The molecule has 0 aliphatic heterocycles. The van der Waals surface area contributed by atoms with Gasteiger partial charge in [-0.2, -0.15) is 5.10 Å². The molecule has 2 aromatic rings. The Hall–Kier alpha value is -2.31. The van der Waals surface area contributed by atoms with Crippen molar-refractivity contribution in [2.75, 3.05) is 0 Å². The van der Waals surface area contributed by atoms with Crippen LogP contribution in [0.5, 0.6) is 0 Å². The number of aromatic nitrogens is 3. The number of benzene rings is 1. The summed E-state index contributed by atoms with van der Waals surface area (Å²) in [6, 6.07) is 3.73. The second-order valence-electron chi connectivity index (χ2n) is 3.60. The van der Waals surface area contributed by atoms with E-state index in [0.29, 0.717) is 5.82 Å². The fraction of sp³-hybridized carbons (Fsp3) is 0.182. The number of amides is 1. The van der Waals surface area contributed by atoms with E-state index < -0.39 is 17.5 Å². The highest BCUT2D eigenvalue weighted by atomic mass is 19.2. The molecule has 0 bridgehead atoms. The topological polar surface area (TPSA) is 70.7 Å². The predicted octanol–water partition coefficient (Wildman–Crippen LogP) is 0.942. The molecule has 0 unspecified atom stereocenters. The van der Waals surface area contributed by atoms with Gasteiger partial charge in [0.15, 0.2) is 11.6 Å². The minimum Gasteiger partial charge on any atom is -0.349 e. The molecule has 1 amide bonds. The molecule has 0 spiro atoms. The lowest BCUT2D eigenvalue weighted by Gasteiger charge is -2.04. The van der Waals surface area contributed by atoms with E-state index in [0.717, 1.165) is 6.07 Å². The molecule has 7 heteroatoms. The highest BCUT2D eigenvalue weighted by Gasteiger charge is 2.11. The first kappa shape index (κ1) is 12.2. The molecule has 0 saturated carbocycles. The van der Waals surface area contributed by atoms with Crippen molar-refractivity contribution >= 4 is 5.91 Å². The average Bonchev–Trinajstić information content (AvgIpc) is 2.86. The molecule has 1 aromatic carbocycles. The van der Waals surface area contributed by atoms with Crippen molar-refractivity contribution < 1.29 is 13.6 Å². The van der Waals surface area contributed by atoms with Crippen LogP contribution in [0.2, 0.25) is 0 Å². The van der Waals surface area contributed by atoms with Crippen LogP contribution >= 0.6 is 0 Å². The van der Waals surface area contributed by atoms with E-state index in [2.05, 4.69) is 20.5 Å². The largest absolute Gasteiger partial charge is 0.349 e. The Balaban J connectivity index is 1.93. The van der Waals surface area contributed by atoms with Crippen LogP contribution in [0.3, 0.4) is 0 Å². The van der Waals surface area contributed by atoms with Gasteiger partial charge < -0.3 is 5.32 Å². The molecule has 0 atom stereocenters. The lowest BCUT2D eigenvalue weighted by Crippen LogP contribution is -2.25. The van der Waals surface area contributed by atoms with E-state index in [1.165, 1.54) is 18.5 Å². The van der Waals surface area contributed by atoms with Crippen LogP contribution in [0.15, 0.2) is 24.5 Å². The van der Waals surface area contributed by atoms with Crippen LogP contribution in [0, 0.1) is 11.6 Å². The van der Waals surface area contributed by atoms with Gasteiger partial charge in [-0.05, 0) is 6.07 Å². The van der Waals surface area contributed by atoms with Gasteiger partial charge in [0.05, 0.1) is 13.0 Å². The van der Waals surface area contributed by atoms with Gasteiger partial charge in [0, 0.05) is 5.56 Å². The summed E-state index contributed by atoms with van der Waals surface area (Å²) in [5.41, 5.74) is 0.0186. The summed E-state index contributed by atoms with van der Waals surface area (Å²) >= 11 is 0. The smallest absolute Gasteiger partial charge is 0.224 e. The SMILES string of the molecule is O=C(Cc1cccc(F)c1F)NCc1ncn[nH]1. The number of carbonyl (C=O) groups is 1. The van der Waals surface area contributed by atoms with Gasteiger partial charge in [0.1, 0.15) is 12.2 Å². The quantitative estimate of drug-likeness (QED) is 0.850. The lowest BCUT2D eigenvalue weighted by molar-refractivity contribution is -0.120. The Morgan fingerprint density at radius 1 is 1.39 bits per heavy atom. The minimum atomic E-state index is -0.993. The first-order valence-electron chi connectivity index (χ1n) is 5.20. The number of aromatic amines is 1. The van der Waals surface area contributed by atoms with Crippen molar-refractivity contribution in [3.05, 3.63) is 47.5 Å². The number of halogens is 2. The van der Waals surface area contributed by atoms with Crippen molar-refractivity contribution in [3.63, 3.8) is 0 Å². The molecule has 0 radical (unpaired) electrons. The van der Waals surface area contributed by atoms with E-state index in [9.17, 15) is 13.6 Å². The lowest BCUT2D eigenvalue weighted by atomic mass is 10.1. The average molecular weight is 252 g/mol. The first-order valence-corrected chi connectivity index (χ1v) is 5.20. The molecule has 5 nitrogen and oxygen atoms in total. The molecule has 0 aliphatic carbocycles. The summed E-state index contributed by atoms with van der Waals surface area (Å²) in [7, 11) is 0. The summed E-state index contributed by atoms with van der Waals surface area (Å²) in [4.78, 5) is 15.3. The van der Waals surface area contributed by atoms with Crippen LogP contribution in [0.4, 0.5) is 8.78 Å².